The van der Waals surface area contributed by atoms with E-state index in [1.807, 2.05) is 0 Å². The zero-order chi connectivity index (χ0) is 20.9. The molecular formula is C17H15F3N2O6. The maximum Gasteiger partial charge on any atom is 0.422 e. The van der Waals surface area contributed by atoms with Gasteiger partial charge in [0.05, 0.1) is 25.2 Å². The van der Waals surface area contributed by atoms with Crippen LogP contribution in [0.4, 0.5) is 24.5 Å². The molecule has 0 aliphatic heterocycles. The van der Waals surface area contributed by atoms with Crippen molar-refractivity contribution in [1.29, 1.82) is 0 Å². The first kappa shape index (κ1) is 20.8. The number of hydrogen-bond acceptors (Lipinski definition) is 6. The largest absolute Gasteiger partial charge is 0.493 e. The minimum Gasteiger partial charge on any atom is -0.493 e. The van der Waals surface area contributed by atoms with Gasteiger partial charge in [-0.1, -0.05) is 0 Å². The molecule has 1 N–H and O–H groups in total. The van der Waals surface area contributed by atoms with E-state index >= 15 is 0 Å². The number of anilines is 1. The summed E-state index contributed by atoms with van der Waals surface area (Å²) in [4.78, 5) is 23.0. The van der Waals surface area contributed by atoms with Crippen molar-refractivity contribution in [3.8, 4) is 17.2 Å². The van der Waals surface area contributed by atoms with Gasteiger partial charge in [-0.2, -0.15) is 13.2 Å². The monoisotopic (exact) mass is 400 g/mol. The van der Waals surface area contributed by atoms with E-state index in [-0.39, 0.29) is 28.5 Å². The Hall–Kier alpha value is -3.50. The van der Waals surface area contributed by atoms with Crippen molar-refractivity contribution in [2.24, 2.45) is 0 Å². The van der Waals surface area contributed by atoms with E-state index < -0.39 is 29.3 Å². The van der Waals surface area contributed by atoms with Crippen LogP contribution in [0.3, 0.4) is 0 Å². The molecule has 0 saturated heterocycles. The molecule has 0 atom stereocenters. The van der Waals surface area contributed by atoms with Gasteiger partial charge >= 0.3 is 6.18 Å². The van der Waals surface area contributed by atoms with E-state index in [1.54, 1.807) is 0 Å². The van der Waals surface area contributed by atoms with Gasteiger partial charge in [0.15, 0.2) is 18.1 Å². The Morgan fingerprint density at radius 1 is 1.11 bits per heavy atom. The van der Waals surface area contributed by atoms with E-state index in [0.29, 0.717) is 0 Å². The topological polar surface area (TPSA) is 99.9 Å². The van der Waals surface area contributed by atoms with Crippen LogP contribution >= 0.6 is 0 Å². The van der Waals surface area contributed by atoms with Gasteiger partial charge in [0, 0.05) is 11.8 Å². The number of rotatable bonds is 7. The summed E-state index contributed by atoms with van der Waals surface area (Å²) in [5.74, 6) is -0.657. The Kier molecular flexibility index (Phi) is 6.29. The fourth-order valence-electron chi connectivity index (χ4n) is 2.20. The second kappa shape index (κ2) is 8.46. The van der Waals surface area contributed by atoms with Crippen LogP contribution in [0.15, 0.2) is 36.4 Å². The highest BCUT2D eigenvalue weighted by atomic mass is 19.4. The normalized spacial score (nSPS) is 10.9. The lowest BCUT2D eigenvalue weighted by atomic mass is 10.1. The number of methoxy groups -OCH3 is 2. The molecule has 1 amide bonds. The van der Waals surface area contributed by atoms with Crippen LogP contribution in [0.25, 0.3) is 0 Å². The smallest absolute Gasteiger partial charge is 0.422 e. The molecule has 0 aliphatic carbocycles. The third kappa shape index (κ3) is 5.25. The van der Waals surface area contributed by atoms with E-state index in [2.05, 4.69) is 10.1 Å². The number of alkyl halides is 3. The van der Waals surface area contributed by atoms with Gasteiger partial charge in [-0.05, 0) is 24.3 Å². The standard InChI is InChI=1S/C17H15F3N2O6/c1-26-14-7-12(13(22(24)25)8-15(14)27-2)16(23)21-10-3-5-11(6-4-10)28-9-17(18,19)20/h3-8H,9H2,1-2H3,(H,21,23). The lowest BCUT2D eigenvalue weighted by Crippen LogP contribution is -2.19. The van der Waals surface area contributed by atoms with Crippen LogP contribution in [0.5, 0.6) is 17.2 Å². The number of ether oxygens (including phenoxy) is 3. The average Bonchev–Trinajstić information content (AvgIpc) is 2.65. The number of nitrogens with zero attached hydrogens (tertiary/aromatic N) is 1. The van der Waals surface area contributed by atoms with Crippen molar-refractivity contribution in [2.45, 2.75) is 6.18 Å². The number of nitrogens with one attached hydrogen (secondary N) is 1. The van der Waals surface area contributed by atoms with Crippen LogP contribution < -0.4 is 19.5 Å². The molecule has 0 bridgehead atoms. The Balaban J connectivity index is 2.21. The highest BCUT2D eigenvalue weighted by molar-refractivity contribution is 6.07. The Bertz CT molecular complexity index is 868. The predicted molar refractivity (Wildman–Crippen MR) is 92.1 cm³/mol. The Morgan fingerprint density at radius 3 is 2.18 bits per heavy atom. The molecule has 0 saturated carbocycles. The number of amides is 1. The summed E-state index contributed by atoms with van der Waals surface area (Å²) in [5.41, 5.74) is -0.575. The molecule has 2 aromatic rings. The van der Waals surface area contributed by atoms with Crippen LogP contribution in [-0.4, -0.2) is 37.8 Å². The molecule has 2 rings (SSSR count). The number of carbonyl (C=O) groups excluding carboxylic acids is 1. The number of nitro benzene ring substituents is 1. The molecule has 8 nitrogen and oxygen atoms in total. The van der Waals surface area contributed by atoms with Gasteiger partial charge in [-0.25, -0.2) is 0 Å². The number of carbonyl (C=O) groups is 1. The van der Waals surface area contributed by atoms with Gasteiger partial charge in [-0.3, -0.25) is 14.9 Å². The SMILES string of the molecule is COc1cc(C(=O)Nc2ccc(OCC(F)(F)F)cc2)c([N+](=O)[O-])cc1OC. The first-order chi connectivity index (χ1) is 13.1. The molecule has 0 unspecified atom stereocenters. The highest BCUT2D eigenvalue weighted by Crippen LogP contribution is 2.35. The van der Waals surface area contributed by atoms with Crippen molar-refractivity contribution in [2.75, 3.05) is 26.1 Å². The van der Waals surface area contributed by atoms with E-state index in [4.69, 9.17) is 9.47 Å². The summed E-state index contributed by atoms with van der Waals surface area (Å²) in [5, 5.41) is 13.7. The summed E-state index contributed by atoms with van der Waals surface area (Å²) in [6.07, 6.45) is -4.47. The maximum atomic E-state index is 12.5. The van der Waals surface area contributed by atoms with Crippen LogP contribution in [0.1, 0.15) is 10.4 Å². The molecule has 0 heterocycles. The van der Waals surface area contributed by atoms with Crippen LogP contribution in [0.2, 0.25) is 0 Å². The second-order valence-corrected chi connectivity index (χ2v) is 5.36. The fourth-order valence-corrected chi connectivity index (χ4v) is 2.20. The fraction of sp³-hybridized carbons (Fsp3) is 0.235. The van der Waals surface area contributed by atoms with Crippen molar-refractivity contribution in [3.05, 3.63) is 52.1 Å². The van der Waals surface area contributed by atoms with Gasteiger partial charge in [0.2, 0.25) is 0 Å². The minimum absolute atomic E-state index is 0.0487. The third-order valence-corrected chi connectivity index (χ3v) is 3.46. The van der Waals surface area contributed by atoms with Crippen molar-refractivity contribution in [3.63, 3.8) is 0 Å². The summed E-state index contributed by atoms with van der Waals surface area (Å²) in [6.45, 7) is -1.45. The maximum absolute atomic E-state index is 12.5. The molecule has 0 aromatic heterocycles. The average molecular weight is 400 g/mol. The number of hydrogen-bond donors (Lipinski definition) is 1. The zero-order valence-corrected chi connectivity index (χ0v) is 14.7. The van der Waals surface area contributed by atoms with Crippen molar-refractivity contribution in [1.82, 2.24) is 0 Å². The van der Waals surface area contributed by atoms with Crippen LogP contribution in [-0.2, 0) is 0 Å². The van der Waals surface area contributed by atoms with Gasteiger partial charge in [0.25, 0.3) is 11.6 Å². The van der Waals surface area contributed by atoms with Crippen LogP contribution in [0, 0.1) is 10.1 Å². The third-order valence-electron chi connectivity index (χ3n) is 3.46. The van der Waals surface area contributed by atoms with Gasteiger partial charge in [-0.15, -0.1) is 0 Å². The molecule has 0 spiro atoms. The summed E-state index contributed by atoms with van der Waals surface area (Å²) < 4.78 is 51.0. The summed E-state index contributed by atoms with van der Waals surface area (Å²) in [6, 6.07) is 7.27. The Morgan fingerprint density at radius 2 is 1.68 bits per heavy atom. The molecule has 0 radical (unpaired) electrons. The number of halogens is 3. The number of nitro groups is 1. The van der Waals surface area contributed by atoms with E-state index in [9.17, 15) is 28.1 Å². The van der Waals surface area contributed by atoms with Crippen molar-refractivity contribution < 1.29 is 37.1 Å². The van der Waals surface area contributed by atoms with E-state index in [0.717, 1.165) is 12.1 Å². The first-order valence-electron chi connectivity index (χ1n) is 7.66. The Labute approximate surface area is 157 Å². The number of benzene rings is 2. The molecule has 0 aliphatic rings. The predicted octanol–water partition coefficient (Wildman–Crippen LogP) is 3.81. The van der Waals surface area contributed by atoms with E-state index in [1.165, 1.54) is 38.5 Å². The zero-order valence-electron chi connectivity index (χ0n) is 14.7. The molecule has 2 aromatic carbocycles. The summed E-state index contributed by atoms with van der Waals surface area (Å²) in [7, 11) is 2.61. The van der Waals surface area contributed by atoms with Crippen molar-refractivity contribution >= 4 is 17.3 Å². The molecule has 11 heteroatoms. The highest BCUT2D eigenvalue weighted by Gasteiger charge is 2.28. The molecule has 150 valence electrons. The quantitative estimate of drug-likeness (QED) is 0.561. The van der Waals surface area contributed by atoms with Gasteiger partial charge < -0.3 is 19.5 Å². The molecular weight excluding hydrogens is 385 g/mol. The first-order valence-corrected chi connectivity index (χ1v) is 7.66. The van der Waals surface area contributed by atoms with Gasteiger partial charge in [0.1, 0.15) is 11.3 Å². The summed E-state index contributed by atoms with van der Waals surface area (Å²) >= 11 is 0. The second-order valence-electron chi connectivity index (χ2n) is 5.36. The lowest BCUT2D eigenvalue weighted by Gasteiger charge is -2.12. The molecule has 28 heavy (non-hydrogen) atoms. The lowest BCUT2D eigenvalue weighted by molar-refractivity contribution is -0.385. The molecule has 0 fully saturated rings. The minimum atomic E-state index is -4.47.